The summed E-state index contributed by atoms with van der Waals surface area (Å²) in [5.41, 5.74) is 3.02. The molecule has 0 aliphatic carbocycles. The summed E-state index contributed by atoms with van der Waals surface area (Å²) in [7, 11) is 2.15. The van der Waals surface area contributed by atoms with Crippen LogP contribution in [0.25, 0.3) is 0 Å². The number of halogens is 1. The van der Waals surface area contributed by atoms with Gasteiger partial charge in [0, 0.05) is 49.3 Å². The quantitative estimate of drug-likeness (QED) is 0.532. The van der Waals surface area contributed by atoms with E-state index in [9.17, 15) is 4.39 Å². The molecule has 0 atom stereocenters. The summed E-state index contributed by atoms with van der Waals surface area (Å²) in [5, 5.41) is 13.2. The number of nitrogens with zero attached hydrogens (tertiary/aromatic N) is 5. The Balaban J connectivity index is 1.41. The number of benzene rings is 1. The number of anilines is 5. The molecule has 1 aromatic carbocycles. The lowest BCUT2D eigenvalue weighted by Gasteiger charge is -2.34. The maximum atomic E-state index is 14.2. The fourth-order valence-electron chi connectivity index (χ4n) is 3.56. The maximum Gasteiger partial charge on any atom is 0.229 e. The third-order valence-corrected chi connectivity index (χ3v) is 5.24. The lowest BCUT2D eigenvalue weighted by Crippen LogP contribution is -2.44. The molecular weight excluding hydrogens is 395 g/mol. The van der Waals surface area contributed by atoms with Gasteiger partial charge in [-0.05, 0) is 43.7 Å². The molecule has 3 N–H and O–H groups in total. The normalized spacial score (nSPS) is 14.8. The number of rotatable bonds is 7. The second kappa shape index (κ2) is 9.30. The monoisotopic (exact) mass is 424 g/mol. The number of aromatic nitrogens is 4. The Hall–Kier alpha value is -3.20. The summed E-state index contributed by atoms with van der Waals surface area (Å²) in [5.74, 6) is 0.881. The lowest BCUT2D eigenvalue weighted by atomic mass is 10.1. The largest absolute Gasteiger partial charge is 0.369 e. The maximum absolute atomic E-state index is 14.2. The van der Waals surface area contributed by atoms with Crippen LogP contribution >= 0.6 is 0 Å². The van der Waals surface area contributed by atoms with E-state index in [1.54, 1.807) is 0 Å². The molecule has 8 nitrogen and oxygen atoms in total. The van der Waals surface area contributed by atoms with E-state index in [2.05, 4.69) is 73.6 Å². The molecule has 1 aliphatic heterocycles. The molecule has 2 aromatic heterocycles. The summed E-state index contributed by atoms with van der Waals surface area (Å²) in [6.07, 6.45) is 2.02. The fraction of sp³-hybridized carbons (Fsp3) is 0.409. The van der Waals surface area contributed by atoms with Crippen molar-refractivity contribution in [1.82, 2.24) is 25.1 Å². The Labute approximate surface area is 181 Å². The van der Waals surface area contributed by atoms with Crippen molar-refractivity contribution in [2.75, 3.05) is 48.8 Å². The molecule has 1 aliphatic rings. The average molecular weight is 425 g/mol. The van der Waals surface area contributed by atoms with Crippen LogP contribution in [-0.2, 0) is 6.42 Å². The van der Waals surface area contributed by atoms with Crippen LogP contribution in [0.2, 0.25) is 0 Å². The summed E-state index contributed by atoms with van der Waals surface area (Å²) in [6, 6.07) is 10.00. The van der Waals surface area contributed by atoms with Gasteiger partial charge in [0.15, 0.2) is 17.5 Å². The average Bonchev–Trinajstić information content (AvgIpc) is 3.18. The molecule has 0 amide bonds. The van der Waals surface area contributed by atoms with Gasteiger partial charge in [-0.1, -0.05) is 13.8 Å². The molecule has 4 rings (SSSR count). The van der Waals surface area contributed by atoms with Gasteiger partial charge in [-0.3, -0.25) is 5.10 Å². The molecule has 9 heteroatoms. The predicted octanol–water partition coefficient (Wildman–Crippen LogP) is 3.78. The van der Waals surface area contributed by atoms with E-state index >= 15 is 0 Å². The topological polar surface area (TPSA) is 85.0 Å². The third-order valence-electron chi connectivity index (χ3n) is 5.24. The molecule has 164 valence electrons. The smallest absolute Gasteiger partial charge is 0.229 e. The molecule has 0 spiro atoms. The number of likely N-dealkylation sites (N-methyl/N-ethyl adjacent to an activating group) is 1. The number of aromatic amines is 1. The zero-order chi connectivity index (χ0) is 21.8. The Morgan fingerprint density at radius 3 is 2.55 bits per heavy atom. The van der Waals surface area contributed by atoms with Crippen molar-refractivity contribution in [3.05, 3.63) is 48.0 Å². The molecule has 1 saturated heterocycles. The Bertz CT molecular complexity index is 993. The molecule has 3 heterocycles. The van der Waals surface area contributed by atoms with Crippen LogP contribution in [0, 0.1) is 11.7 Å². The molecule has 0 unspecified atom stereocenters. The first kappa shape index (κ1) is 21.0. The minimum Gasteiger partial charge on any atom is -0.369 e. The highest BCUT2D eigenvalue weighted by Gasteiger charge is 2.14. The van der Waals surface area contributed by atoms with Crippen molar-refractivity contribution in [2.45, 2.75) is 20.3 Å². The van der Waals surface area contributed by atoms with Gasteiger partial charge in [0.2, 0.25) is 5.95 Å². The van der Waals surface area contributed by atoms with Crippen LogP contribution in [0.15, 0.2) is 36.5 Å². The van der Waals surface area contributed by atoms with Crippen LogP contribution in [0.5, 0.6) is 0 Å². The van der Waals surface area contributed by atoms with E-state index in [0.29, 0.717) is 17.7 Å². The highest BCUT2D eigenvalue weighted by Crippen LogP contribution is 2.23. The molecule has 1 fully saturated rings. The van der Waals surface area contributed by atoms with Gasteiger partial charge in [-0.2, -0.15) is 10.1 Å². The summed E-state index contributed by atoms with van der Waals surface area (Å²) in [6.45, 7) is 8.43. The number of hydrogen-bond acceptors (Lipinski definition) is 7. The summed E-state index contributed by atoms with van der Waals surface area (Å²) < 4.78 is 14.2. The Morgan fingerprint density at radius 2 is 1.84 bits per heavy atom. The van der Waals surface area contributed by atoms with E-state index in [1.807, 2.05) is 18.2 Å². The van der Waals surface area contributed by atoms with Gasteiger partial charge in [0.05, 0.1) is 6.20 Å². The molecule has 3 aromatic rings. The second-order valence-electron chi connectivity index (χ2n) is 8.35. The van der Waals surface area contributed by atoms with Gasteiger partial charge >= 0.3 is 0 Å². The first-order valence-corrected chi connectivity index (χ1v) is 10.6. The first-order chi connectivity index (χ1) is 15.0. The van der Waals surface area contributed by atoms with Crippen molar-refractivity contribution >= 4 is 29.0 Å². The lowest BCUT2D eigenvalue weighted by molar-refractivity contribution is 0.313. The van der Waals surface area contributed by atoms with Gasteiger partial charge in [0.1, 0.15) is 0 Å². The van der Waals surface area contributed by atoms with Crippen molar-refractivity contribution in [2.24, 2.45) is 5.92 Å². The third kappa shape index (κ3) is 5.49. The van der Waals surface area contributed by atoms with Crippen molar-refractivity contribution < 1.29 is 4.39 Å². The second-order valence-corrected chi connectivity index (χ2v) is 8.35. The van der Waals surface area contributed by atoms with Crippen LogP contribution in [0.3, 0.4) is 0 Å². The van der Waals surface area contributed by atoms with Gasteiger partial charge < -0.3 is 20.4 Å². The van der Waals surface area contributed by atoms with E-state index < -0.39 is 5.82 Å². The minimum absolute atomic E-state index is 0.0779. The number of H-pyrrole nitrogens is 1. The molecule has 0 saturated carbocycles. The van der Waals surface area contributed by atoms with Gasteiger partial charge in [-0.15, -0.1) is 0 Å². The van der Waals surface area contributed by atoms with Crippen LogP contribution in [-0.4, -0.2) is 58.3 Å². The molecular formula is C22H29FN8. The SMILES string of the molecule is CC(C)Cc1cc(Nc2nc(Nc3ccc(N4CCN(C)CC4)cc3)ncc2F)n[nH]1. The zero-order valence-corrected chi connectivity index (χ0v) is 18.2. The van der Waals surface area contributed by atoms with E-state index in [1.165, 1.54) is 5.69 Å². The number of piperazine rings is 1. The highest BCUT2D eigenvalue weighted by atomic mass is 19.1. The Morgan fingerprint density at radius 1 is 1.10 bits per heavy atom. The van der Waals surface area contributed by atoms with E-state index in [4.69, 9.17) is 0 Å². The van der Waals surface area contributed by atoms with Crippen LogP contribution in [0.4, 0.5) is 33.3 Å². The number of hydrogen-bond donors (Lipinski definition) is 3. The standard InChI is InChI=1S/C22H29FN8/c1-15(2)12-17-13-20(29-28-17)26-21-19(23)14-24-22(27-21)25-16-4-6-18(7-5-16)31-10-8-30(3)9-11-31/h4-7,13-15H,8-12H2,1-3H3,(H3,24,25,26,27,28,29). The molecule has 31 heavy (non-hydrogen) atoms. The van der Waals surface area contributed by atoms with E-state index in [-0.39, 0.29) is 5.82 Å². The Kier molecular flexibility index (Phi) is 6.31. The van der Waals surface area contributed by atoms with Gasteiger partial charge in [-0.25, -0.2) is 9.37 Å². The van der Waals surface area contributed by atoms with Crippen LogP contribution < -0.4 is 15.5 Å². The predicted molar refractivity (Wildman–Crippen MR) is 122 cm³/mol. The number of nitrogens with one attached hydrogen (secondary N) is 3. The van der Waals surface area contributed by atoms with Crippen molar-refractivity contribution in [1.29, 1.82) is 0 Å². The summed E-state index contributed by atoms with van der Waals surface area (Å²) in [4.78, 5) is 13.0. The molecule has 0 radical (unpaired) electrons. The first-order valence-electron chi connectivity index (χ1n) is 10.6. The van der Waals surface area contributed by atoms with Gasteiger partial charge in [0.25, 0.3) is 0 Å². The zero-order valence-electron chi connectivity index (χ0n) is 18.2. The van der Waals surface area contributed by atoms with Crippen molar-refractivity contribution in [3.63, 3.8) is 0 Å². The highest BCUT2D eigenvalue weighted by molar-refractivity contribution is 5.61. The van der Waals surface area contributed by atoms with Crippen LogP contribution in [0.1, 0.15) is 19.5 Å². The van der Waals surface area contributed by atoms with Crippen molar-refractivity contribution in [3.8, 4) is 0 Å². The van der Waals surface area contributed by atoms with E-state index in [0.717, 1.165) is 50.2 Å². The molecule has 0 bridgehead atoms. The summed E-state index contributed by atoms with van der Waals surface area (Å²) >= 11 is 0. The minimum atomic E-state index is -0.538. The fourth-order valence-corrected chi connectivity index (χ4v) is 3.56.